The summed E-state index contributed by atoms with van der Waals surface area (Å²) in [6, 6.07) is 0. The van der Waals surface area contributed by atoms with Gasteiger partial charge < -0.3 is 19.9 Å². The molecule has 0 bridgehead atoms. The average molecular weight is 340 g/mol. The van der Waals surface area contributed by atoms with Gasteiger partial charge in [0, 0.05) is 57.3 Å². The standard InChI is InChI=1S/C15H28N6OS/c1-4-13-18-15(23-19-13)21-10-8-20(9-11-21)14(16-5-2)17-7-12-22-6-3/h4-12H2,1-3H3,(H,16,17). The molecule has 0 aliphatic carbocycles. The Kier molecular flexibility index (Phi) is 7.54. The first-order valence-corrected chi connectivity index (χ1v) is 9.24. The van der Waals surface area contributed by atoms with Gasteiger partial charge in [-0.2, -0.15) is 4.37 Å². The van der Waals surface area contributed by atoms with E-state index in [1.165, 1.54) is 11.5 Å². The second-order valence-electron chi connectivity index (χ2n) is 5.25. The van der Waals surface area contributed by atoms with Gasteiger partial charge in [-0.3, -0.25) is 4.99 Å². The Balaban J connectivity index is 1.87. The number of nitrogens with one attached hydrogen (secondary N) is 1. The van der Waals surface area contributed by atoms with E-state index in [4.69, 9.17) is 4.74 Å². The van der Waals surface area contributed by atoms with Crippen molar-refractivity contribution >= 4 is 22.6 Å². The molecule has 1 aromatic rings. The fourth-order valence-electron chi connectivity index (χ4n) is 2.41. The maximum atomic E-state index is 5.36. The molecule has 0 atom stereocenters. The lowest BCUT2D eigenvalue weighted by molar-refractivity contribution is 0.155. The third-order valence-electron chi connectivity index (χ3n) is 3.66. The van der Waals surface area contributed by atoms with Gasteiger partial charge in [0.1, 0.15) is 5.82 Å². The van der Waals surface area contributed by atoms with Crippen molar-refractivity contribution in [2.24, 2.45) is 4.99 Å². The van der Waals surface area contributed by atoms with Gasteiger partial charge in [0.15, 0.2) is 5.96 Å². The van der Waals surface area contributed by atoms with Crippen LogP contribution < -0.4 is 10.2 Å². The quantitative estimate of drug-likeness (QED) is 0.457. The predicted molar refractivity (Wildman–Crippen MR) is 95.5 cm³/mol. The Morgan fingerprint density at radius 2 is 2.04 bits per heavy atom. The van der Waals surface area contributed by atoms with Crippen LogP contribution >= 0.6 is 11.5 Å². The summed E-state index contributed by atoms with van der Waals surface area (Å²) in [6.07, 6.45) is 0.896. The van der Waals surface area contributed by atoms with E-state index in [0.29, 0.717) is 13.2 Å². The zero-order valence-corrected chi connectivity index (χ0v) is 15.2. The van der Waals surface area contributed by atoms with Crippen LogP contribution in [0.1, 0.15) is 26.6 Å². The topological polar surface area (TPSA) is 65.9 Å². The van der Waals surface area contributed by atoms with Crippen molar-refractivity contribution in [1.29, 1.82) is 0 Å². The monoisotopic (exact) mass is 340 g/mol. The first kappa shape index (κ1) is 17.9. The second-order valence-corrected chi connectivity index (χ2v) is 5.98. The van der Waals surface area contributed by atoms with Crippen LogP contribution in [0, 0.1) is 0 Å². The molecular formula is C15H28N6OS. The minimum absolute atomic E-state index is 0.677. The number of hydrogen-bond acceptors (Lipinski definition) is 6. The van der Waals surface area contributed by atoms with Crippen LogP contribution in [0.4, 0.5) is 5.13 Å². The molecule has 1 aliphatic heterocycles. The summed E-state index contributed by atoms with van der Waals surface area (Å²) in [7, 11) is 0. The lowest BCUT2D eigenvalue weighted by Gasteiger charge is -2.36. The molecule has 1 aromatic heterocycles. The SMILES string of the molecule is CCNC(=NCCOCC)N1CCN(c2nc(CC)ns2)CC1. The minimum atomic E-state index is 0.677. The number of hydrogen-bond donors (Lipinski definition) is 1. The third-order valence-corrected chi connectivity index (χ3v) is 4.47. The van der Waals surface area contributed by atoms with E-state index >= 15 is 0 Å². The fraction of sp³-hybridized carbons (Fsp3) is 0.800. The van der Waals surface area contributed by atoms with Crippen molar-refractivity contribution in [3.8, 4) is 0 Å². The molecule has 0 spiro atoms. The number of nitrogens with zero attached hydrogens (tertiary/aromatic N) is 5. The molecule has 0 unspecified atom stereocenters. The van der Waals surface area contributed by atoms with Gasteiger partial charge in [-0.15, -0.1) is 0 Å². The van der Waals surface area contributed by atoms with Crippen LogP contribution in [0.3, 0.4) is 0 Å². The Morgan fingerprint density at radius 1 is 1.26 bits per heavy atom. The van der Waals surface area contributed by atoms with E-state index in [0.717, 1.165) is 62.7 Å². The highest BCUT2D eigenvalue weighted by atomic mass is 32.1. The minimum Gasteiger partial charge on any atom is -0.380 e. The number of anilines is 1. The molecule has 1 saturated heterocycles. The third kappa shape index (κ3) is 5.31. The van der Waals surface area contributed by atoms with Crippen molar-refractivity contribution in [2.75, 3.05) is 57.4 Å². The zero-order valence-electron chi connectivity index (χ0n) is 14.4. The molecule has 7 nitrogen and oxygen atoms in total. The maximum Gasteiger partial charge on any atom is 0.205 e. The molecular weight excluding hydrogens is 312 g/mol. The summed E-state index contributed by atoms with van der Waals surface area (Å²) in [6.45, 7) is 13.0. The molecule has 1 aliphatic rings. The maximum absolute atomic E-state index is 5.36. The van der Waals surface area contributed by atoms with E-state index in [1.807, 2.05) is 6.92 Å². The largest absolute Gasteiger partial charge is 0.380 e. The number of piperazine rings is 1. The smallest absolute Gasteiger partial charge is 0.205 e. The van der Waals surface area contributed by atoms with Crippen LogP contribution in [0.25, 0.3) is 0 Å². The zero-order chi connectivity index (χ0) is 16.5. The number of rotatable bonds is 7. The van der Waals surface area contributed by atoms with Gasteiger partial charge in [0.05, 0.1) is 13.2 Å². The van der Waals surface area contributed by atoms with Crippen LogP contribution in [0.2, 0.25) is 0 Å². The Morgan fingerprint density at radius 3 is 2.65 bits per heavy atom. The highest BCUT2D eigenvalue weighted by molar-refractivity contribution is 7.09. The summed E-state index contributed by atoms with van der Waals surface area (Å²) in [4.78, 5) is 13.9. The molecule has 1 fully saturated rings. The molecule has 23 heavy (non-hydrogen) atoms. The summed E-state index contributed by atoms with van der Waals surface area (Å²) >= 11 is 1.50. The Labute approximate surface area is 142 Å². The first-order valence-electron chi connectivity index (χ1n) is 8.47. The van der Waals surface area contributed by atoms with Gasteiger partial charge in [-0.05, 0) is 13.8 Å². The van der Waals surface area contributed by atoms with Crippen molar-refractivity contribution in [3.05, 3.63) is 5.82 Å². The molecule has 2 heterocycles. The summed E-state index contributed by atoms with van der Waals surface area (Å²) in [5.74, 6) is 1.93. The van der Waals surface area contributed by atoms with Crippen molar-refractivity contribution in [1.82, 2.24) is 19.6 Å². The van der Waals surface area contributed by atoms with Gasteiger partial charge in [-0.25, -0.2) is 4.98 Å². The number of aryl methyl sites for hydroxylation is 1. The number of aromatic nitrogens is 2. The molecule has 0 amide bonds. The van der Waals surface area contributed by atoms with Gasteiger partial charge in [0.25, 0.3) is 0 Å². The fourth-order valence-corrected chi connectivity index (χ4v) is 3.21. The molecule has 130 valence electrons. The van der Waals surface area contributed by atoms with E-state index in [2.05, 4.69) is 43.3 Å². The number of ether oxygens (including phenoxy) is 1. The van der Waals surface area contributed by atoms with Gasteiger partial charge in [-0.1, -0.05) is 6.92 Å². The predicted octanol–water partition coefficient (Wildman–Crippen LogP) is 1.22. The van der Waals surface area contributed by atoms with Crippen LogP contribution in [-0.4, -0.2) is 72.7 Å². The Hall–Kier alpha value is -1.41. The summed E-state index contributed by atoms with van der Waals surface area (Å²) in [5.41, 5.74) is 0. The summed E-state index contributed by atoms with van der Waals surface area (Å²) < 4.78 is 9.74. The highest BCUT2D eigenvalue weighted by Crippen LogP contribution is 2.19. The van der Waals surface area contributed by atoms with Crippen molar-refractivity contribution in [3.63, 3.8) is 0 Å². The Bertz CT molecular complexity index is 484. The second kappa shape index (κ2) is 9.67. The molecule has 8 heteroatoms. The number of aliphatic imine (C=N–C) groups is 1. The van der Waals surface area contributed by atoms with E-state index in [1.54, 1.807) is 0 Å². The lowest BCUT2D eigenvalue weighted by Crippen LogP contribution is -2.52. The molecule has 0 radical (unpaired) electrons. The molecule has 1 N–H and O–H groups in total. The van der Waals surface area contributed by atoms with E-state index < -0.39 is 0 Å². The first-order chi connectivity index (χ1) is 11.3. The van der Waals surface area contributed by atoms with Crippen molar-refractivity contribution in [2.45, 2.75) is 27.2 Å². The van der Waals surface area contributed by atoms with Crippen LogP contribution in [-0.2, 0) is 11.2 Å². The number of guanidine groups is 1. The van der Waals surface area contributed by atoms with Crippen LogP contribution in [0.15, 0.2) is 4.99 Å². The highest BCUT2D eigenvalue weighted by Gasteiger charge is 2.21. The van der Waals surface area contributed by atoms with Crippen molar-refractivity contribution < 1.29 is 4.74 Å². The molecule has 0 saturated carbocycles. The lowest BCUT2D eigenvalue weighted by atomic mass is 10.3. The average Bonchev–Trinajstić information content (AvgIpc) is 3.07. The van der Waals surface area contributed by atoms with E-state index in [-0.39, 0.29) is 0 Å². The van der Waals surface area contributed by atoms with Crippen LogP contribution in [0.5, 0.6) is 0 Å². The van der Waals surface area contributed by atoms with E-state index in [9.17, 15) is 0 Å². The molecule has 2 rings (SSSR count). The molecule has 0 aromatic carbocycles. The summed E-state index contributed by atoms with van der Waals surface area (Å²) in [5, 5.41) is 4.42. The normalized spacial score (nSPS) is 16.0. The van der Waals surface area contributed by atoms with Gasteiger partial charge >= 0.3 is 0 Å². The van der Waals surface area contributed by atoms with Gasteiger partial charge in [0.2, 0.25) is 5.13 Å².